The first kappa shape index (κ1) is 15.1. The van der Waals surface area contributed by atoms with E-state index in [-0.39, 0.29) is 13.2 Å². The van der Waals surface area contributed by atoms with Crippen LogP contribution in [0.4, 0.5) is 4.39 Å². The van der Waals surface area contributed by atoms with Crippen LogP contribution in [0, 0.1) is 5.82 Å². The van der Waals surface area contributed by atoms with E-state index in [0.717, 1.165) is 0 Å². The summed E-state index contributed by atoms with van der Waals surface area (Å²) in [5.41, 5.74) is -0.561. The molecule has 0 amide bonds. The minimum Gasteiger partial charge on any atom is -0.395 e. The Balaban J connectivity index is 2.83. The quantitative estimate of drug-likeness (QED) is 0.698. The van der Waals surface area contributed by atoms with Crippen LogP contribution in [-0.2, 0) is 10.2 Å². The third-order valence-corrected chi connectivity index (χ3v) is 3.20. The average molecular weight is 256 g/mol. The summed E-state index contributed by atoms with van der Waals surface area (Å²) >= 11 is 0. The normalized spacial score (nSPS) is 11.8. The predicted octanol–water partition coefficient (Wildman–Crippen LogP) is 1.86. The van der Waals surface area contributed by atoms with Gasteiger partial charge in [0, 0.05) is 18.6 Å². The summed E-state index contributed by atoms with van der Waals surface area (Å²) in [6, 6.07) is 6.26. The number of hydrogen-bond donors (Lipinski definition) is 2. The lowest BCUT2D eigenvalue weighted by Crippen LogP contribution is -2.36. The summed E-state index contributed by atoms with van der Waals surface area (Å²) in [5.74, 6) is -0.392. The number of aliphatic hydroxyl groups excluding tert-OH is 2. The molecule has 0 aliphatic heterocycles. The number of ether oxygens (including phenoxy) is 1. The fourth-order valence-electron chi connectivity index (χ4n) is 2.06. The smallest absolute Gasteiger partial charge is 0.127 e. The summed E-state index contributed by atoms with van der Waals surface area (Å²) in [7, 11) is 0. The Bertz CT molecular complexity index is 351. The Kier molecular flexibility index (Phi) is 6.25. The molecule has 0 aliphatic rings. The molecule has 0 unspecified atom stereocenters. The second-order valence-corrected chi connectivity index (χ2v) is 4.38. The highest BCUT2D eigenvalue weighted by molar-refractivity contribution is 5.27. The van der Waals surface area contributed by atoms with Crippen LogP contribution in [0.3, 0.4) is 0 Å². The highest BCUT2D eigenvalue weighted by Gasteiger charge is 2.32. The van der Waals surface area contributed by atoms with Crippen molar-refractivity contribution in [1.82, 2.24) is 0 Å². The lowest BCUT2D eigenvalue weighted by atomic mass is 9.78. The molecule has 4 heteroatoms. The molecular weight excluding hydrogens is 235 g/mol. The summed E-state index contributed by atoms with van der Waals surface area (Å²) in [6.45, 7) is 2.52. The van der Waals surface area contributed by atoms with Gasteiger partial charge in [-0.1, -0.05) is 18.2 Å². The molecule has 0 atom stereocenters. The molecule has 0 saturated carbocycles. The van der Waals surface area contributed by atoms with Gasteiger partial charge in [-0.05, 0) is 31.4 Å². The second-order valence-electron chi connectivity index (χ2n) is 4.38. The van der Waals surface area contributed by atoms with E-state index in [9.17, 15) is 14.6 Å². The Labute approximate surface area is 107 Å². The van der Waals surface area contributed by atoms with Crippen molar-refractivity contribution in [2.45, 2.75) is 25.2 Å². The number of benzene rings is 1. The van der Waals surface area contributed by atoms with Gasteiger partial charge < -0.3 is 14.9 Å². The van der Waals surface area contributed by atoms with E-state index in [1.54, 1.807) is 18.2 Å². The predicted molar refractivity (Wildman–Crippen MR) is 68.0 cm³/mol. The van der Waals surface area contributed by atoms with Crippen LogP contribution in [0.1, 0.15) is 25.3 Å². The van der Waals surface area contributed by atoms with E-state index in [4.69, 9.17) is 4.74 Å². The Hall–Kier alpha value is -0.970. The van der Waals surface area contributed by atoms with Gasteiger partial charge in [-0.2, -0.15) is 0 Å². The highest BCUT2D eigenvalue weighted by atomic mass is 19.1. The monoisotopic (exact) mass is 256 g/mol. The average Bonchev–Trinajstić information content (AvgIpc) is 2.41. The van der Waals surface area contributed by atoms with Crippen molar-refractivity contribution in [3.8, 4) is 0 Å². The number of rotatable bonds is 8. The van der Waals surface area contributed by atoms with Crippen LogP contribution in [0.2, 0.25) is 0 Å². The molecule has 0 aliphatic carbocycles. The van der Waals surface area contributed by atoms with Crippen LogP contribution >= 0.6 is 0 Å². The van der Waals surface area contributed by atoms with E-state index in [1.165, 1.54) is 6.07 Å². The maximum absolute atomic E-state index is 13.8. The van der Waals surface area contributed by atoms with Crippen molar-refractivity contribution in [3.63, 3.8) is 0 Å². The zero-order valence-corrected chi connectivity index (χ0v) is 10.7. The summed E-state index contributed by atoms with van der Waals surface area (Å²) in [6.07, 6.45) is 1.16. The van der Waals surface area contributed by atoms with E-state index in [0.29, 0.717) is 31.6 Å². The van der Waals surface area contributed by atoms with Gasteiger partial charge >= 0.3 is 0 Å². The van der Waals surface area contributed by atoms with Gasteiger partial charge in [-0.3, -0.25) is 0 Å². The van der Waals surface area contributed by atoms with Crippen LogP contribution in [0.25, 0.3) is 0 Å². The fourth-order valence-corrected chi connectivity index (χ4v) is 2.06. The van der Waals surface area contributed by atoms with E-state index in [2.05, 4.69) is 0 Å². The first-order valence-corrected chi connectivity index (χ1v) is 6.24. The Morgan fingerprint density at radius 3 is 2.44 bits per heavy atom. The van der Waals surface area contributed by atoms with Gasteiger partial charge in [0.2, 0.25) is 0 Å². The molecule has 0 saturated heterocycles. The minimum atomic E-state index is -0.928. The van der Waals surface area contributed by atoms with Gasteiger partial charge in [0.1, 0.15) is 5.82 Å². The van der Waals surface area contributed by atoms with Gasteiger partial charge in [0.25, 0.3) is 0 Å². The first-order valence-electron chi connectivity index (χ1n) is 6.24. The van der Waals surface area contributed by atoms with E-state index >= 15 is 0 Å². The standard InChI is InChI=1S/C14H21FO3/c1-2-18-9-5-8-14(10-16,11-17)12-6-3-4-7-13(12)15/h3-4,6-7,16-17H,2,5,8-11H2,1H3. The Morgan fingerprint density at radius 1 is 1.22 bits per heavy atom. The topological polar surface area (TPSA) is 49.7 Å². The van der Waals surface area contributed by atoms with Crippen LogP contribution in [-0.4, -0.2) is 36.6 Å². The van der Waals surface area contributed by atoms with Crippen LogP contribution < -0.4 is 0 Å². The maximum atomic E-state index is 13.8. The zero-order chi connectivity index (χ0) is 13.4. The molecule has 3 nitrogen and oxygen atoms in total. The largest absolute Gasteiger partial charge is 0.395 e. The van der Waals surface area contributed by atoms with Gasteiger partial charge in [0.15, 0.2) is 0 Å². The Morgan fingerprint density at radius 2 is 1.89 bits per heavy atom. The van der Waals surface area contributed by atoms with Crippen molar-refractivity contribution < 1.29 is 19.3 Å². The molecule has 0 bridgehead atoms. The minimum absolute atomic E-state index is 0.281. The number of hydrogen-bond acceptors (Lipinski definition) is 3. The molecule has 0 spiro atoms. The molecule has 102 valence electrons. The molecule has 2 N–H and O–H groups in total. The lowest BCUT2D eigenvalue weighted by Gasteiger charge is -2.30. The SMILES string of the molecule is CCOCCCC(CO)(CO)c1ccccc1F. The maximum Gasteiger partial charge on any atom is 0.127 e. The molecule has 1 rings (SSSR count). The molecule has 0 radical (unpaired) electrons. The van der Waals surface area contributed by atoms with Crippen LogP contribution in [0.15, 0.2) is 24.3 Å². The second kappa shape index (κ2) is 7.46. The summed E-state index contributed by atoms with van der Waals surface area (Å²) in [4.78, 5) is 0. The zero-order valence-electron chi connectivity index (χ0n) is 10.7. The van der Waals surface area contributed by atoms with Crippen molar-refractivity contribution in [2.75, 3.05) is 26.4 Å². The number of aliphatic hydroxyl groups is 2. The van der Waals surface area contributed by atoms with E-state index < -0.39 is 11.2 Å². The third-order valence-electron chi connectivity index (χ3n) is 3.20. The summed E-state index contributed by atoms with van der Waals surface area (Å²) < 4.78 is 19.0. The fraction of sp³-hybridized carbons (Fsp3) is 0.571. The lowest BCUT2D eigenvalue weighted by molar-refractivity contribution is 0.0871. The molecule has 1 aromatic carbocycles. The molecule has 0 heterocycles. The highest BCUT2D eigenvalue weighted by Crippen LogP contribution is 2.30. The molecule has 18 heavy (non-hydrogen) atoms. The number of halogens is 1. The molecule has 0 fully saturated rings. The molecule has 1 aromatic rings. The molecular formula is C14H21FO3. The molecule has 0 aromatic heterocycles. The van der Waals surface area contributed by atoms with Crippen molar-refractivity contribution >= 4 is 0 Å². The first-order chi connectivity index (χ1) is 8.70. The van der Waals surface area contributed by atoms with Crippen molar-refractivity contribution in [1.29, 1.82) is 0 Å². The van der Waals surface area contributed by atoms with Gasteiger partial charge in [0.05, 0.1) is 13.2 Å². The van der Waals surface area contributed by atoms with Gasteiger partial charge in [-0.25, -0.2) is 4.39 Å². The summed E-state index contributed by atoms with van der Waals surface area (Å²) in [5, 5.41) is 19.1. The van der Waals surface area contributed by atoms with E-state index in [1.807, 2.05) is 6.92 Å². The third kappa shape index (κ3) is 3.51. The van der Waals surface area contributed by atoms with Crippen molar-refractivity contribution in [3.05, 3.63) is 35.6 Å². The van der Waals surface area contributed by atoms with Crippen molar-refractivity contribution in [2.24, 2.45) is 0 Å². The van der Waals surface area contributed by atoms with Crippen LogP contribution in [0.5, 0.6) is 0 Å². The van der Waals surface area contributed by atoms with Gasteiger partial charge in [-0.15, -0.1) is 0 Å².